The van der Waals surface area contributed by atoms with Crippen LogP contribution in [0.5, 0.6) is 0 Å². The van der Waals surface area contributed by atoms with Crippen molar-refractivity contribution in [3.63, 3.8) is 0 Å². The van der Waals surface area contributed by atoms with E-state index in [2.05, 4.69) is 44.2 Å². The zero-order valence-corrected chi connectivity index (χ0v) is 26.8. The number of unbranched alkanes of at least 4 members (excludes halogenated alkanes) is 17. The number of allylic oxidation sites excluding steroid dienone is 6. The van der Waals surface area contributed by atoms with E-state index in [1.165, 1.54) is 89.9 Å². The van der Waals surface area contributed by atoms with Gasteiger partial charge in [0.05, 0.1) is 0 Å². The fourth-order valence-electron chi connectivity index (χ4n) is 4.72. The van der Waals surface area contributed by atoms with Gasteiger partial charge in [-0.2, -0.15) is 0 Å². The summed E-state index contributed by atoms with van der Waals surface area (Å²) in [6.07, 6.45) is 43.1. The van der Waals surface area contributed by atoms with Gasteiger partial charge in [-0.05, 0) is 76.4 Å². The largest absolute Gasteiger partial charge is 0.481 e. The highest BCUT2D eigenvalue weighted by molar-refractivity contribution is 5.69. The van der Waals surface area contributed by atoms with E-state index >= 15 is 0 Å². The van der Waals surface area contributed by atoms with E-state index in [1.54, 1.807) is 0 Å². The van der Waals surface area contributed by atoms with Crippen LogP contribution in [0, 0.1) is 0 Å². The molecule has 4 heteroatoms. The van der Waals surface area contributed by atoms with Gasteiger partial charge in [0.25, 0.3) is 0 Å². The number of carbonyl (C=O) groups excluding carboxylic acids is 1. The second-order valence-corrected chi connectivity index (χ2v) is 11.3. The zero-order valence-electron chi connectivity index (χ0n) is 26.8. The van der Waals surface area contributed by atoms with Crippen molar-refractivity contribution in [3.8, 4) is 0 Å². The lowest BCUT2D eigenvalue weighted by Crippen LogP contribution is -2.13. The minimum absolute atomic E-state index is 0.127. The summed E-state index contributed by atoms with van der Waals surface area (Å²) in [6, 6.07) is 0. The predicted octanol–water partition coefficient (Wildman–Crippen LogP) is 11.6. The molecule has 0 aromatic carbocycles. The van der Waals surface area contributed by atoms with Crippen LogP contribution in [0.15, 0.2) is 48.6 Å². The number of carbonyl (C=O) groups is 2. The maximum Gasteiger partial charge on any atom is 0.306 e. The molecule has 1 N–H and O–H groups in total. The number of hydrogen-bond donors (Lipinski definition) is 1. The Labute approximate surface area is 253 Å². The Morgan fingerprint density at radius 1 is 0.561 bits per heavy atom. The maximum atomic E-state index is 12.4. The van der Waals surface area contributed by atoms with Crippen molar-refractivity contribution < 1.29 is 19.4 Å². The van der Waals surface area contributed by atoms with Crippen LogP contribution in [0.4, 0.5) is 0 Å². The molecule has 0 aliphatic carbocycles. The average molecular weight is 573 g/mol. The van der Waals surface area contributed by atoms with Crippen molar-refractivity contribution in [2.75, 3.05) is 0 Å². The fraction of sp³-hybridized carbons (Fsp3) is 0.730. The number of carboxylic acids is 1. The third-order valence-electron chi connectivity index (χ3n) is 7.25. The standard InChI is InChI=1S/C37H64O4/c1-3-5-7-9-10-11-12-13-14-15-16-17-18-19-20-21-26-30-34-37(40)41-35(31-27-23-8-6-4-2)32-28-24-22-25-29-33-36(38)39/h6,8,14-15,27-28,31-32,35H,3-5,7,9-13,16-26,29-30,33-34H2,1-2H3,(H,38,39)/b8-6-,15-14-,31-27-,32-28-. The summed E-state index contributed by atoms with van der Waals surface area (Å²) in [7, 11) is 0. The Bertz CT molecular complexity index is 704. The first kappa shape index (κ1) is 38.9. The van der Waals surface area contributed by atoms with Crippen LogP contribution in [0.2, 0.25) is 0 Å². The summed E-state index contributed by atoms with van der Waals surface area (Å²) in [5, 5.41) is 8.73. The van der Waals surface area contributed by atoms with E-state index in [0.29, 0.717) is 12.8 Å². The summed E-state index contributed by atoms with van der Waals surface area (Å²) < 4.78 is 5.73. The highest BCUT2D eigenvalue weighted by Crippen LogP contribution is 2.13. The Hall–Kier alpha value is -2.10. The van der Waals surface area contributed by atoms with E-state index in [1.807, 2.05) is 18.2 Å². The van der Waals surface area contributed by atoms with Crippen LogP contribution < -0.4 is 0 Å². The quantitative estimate of drug-likeness (QED) is 0.0528. The number of esters is 1. The third-order valence-corrected chi connectivity index (χ3v) is 7.25. The first-order chi connectivity index (χ1) is 20.1. The molecule has 0 saturated heterocycles. The Kier molecular flexibility index (Phi) is 30.8. The van der Waals surface area contributed by atoms with Crippen molar-refractivity contribution in [3.05, 3.63) is 48.6 Å². The van der Waals surface area contributed by atoms with Gasteiger partial charge in [-0.1, -0.05) is 127 Å². The Morgan fingerprint density at radius 3 is 1.63 bits per heavy atom. The van der Waals surface area contributed by atoms with Crippen molar-refractivity contribution in [1.29, 1.82) is 0 Å². The summed E-state index contributed by atoms with van der Waals surface area (Å²) in [5.41, 5.74) is 0. The fourth-order valence-corrected chi connectivity index (χ4v) is 4.72. The number of carboxylic acid groups (broad SMARTS) is 1. The van der Waals surface area contributed by atoms with Crippen LogP contribution in [0.1, 0.15) is 168 Å². The van der Waals surface area contributed by atoms with Gasteiger partial charge in [0.2, 0.25) is 0 Å². The number of aliphatic carboxylic acids is 1. The molecular weight excluding hydrogens is 508 g/mol. The van der Waals surface area contributed by atoms with Gasteiger partial charge in [-0.25, -0.2) is 0 Å². The number of rotatable bonds is 30. The molecule has 236 valence electrons. The van der Waals surface area contributed by atoms with Gasteiger partial charge in [-0.15, -0.1) is 0 Å². The van der Waals surface area contributed by atoms with Crippen LogP contribution >= 0.6 is 0 Å². The van der Waals surface area contributed by atoms with E-state index in [-0.39, 0.29) is 18.5 Å². The molecule has 0 aromatic rings. The van der Waals surface area contributed by atoms with Crippen molar-refractivity contribution in [1.82, 2.24) is 0 Å². The minimum Gasteiger partial charge on any atom is -0.481 e. The third kappa shape index (κ3) is 32.3. The molecule has 0 aliphatic heterocycles. The number of ether oxygens (including phenoxy) is 1. The highest BCUT2D eigenvalue weighted by atomic mass is 16.5. The molecule has 0 heterocycles. The molecule has 0 fully saturated rings. The van der Waals surface area contributed by atoms with Crippen LogP contribution in [-0.2, 0) is 14.3 Å². The summed E-state index contributed by atoms with van der Waals surface area (Å²) >= 11 is 0. The Balaban J connectivity index is 3.92. The molecule has 0 bridgehead atoms. The molecule has 1 atom stereocenters. The SMILES string of the molecule is CC/C=C\C/C=C\C(/C=C\CCCCCC(=O)O)OC(=O)CCCCCCCCC/C=C\CCCCCCCCC. The smallest absolute Gasteiger partial charge is 0.306 e. The molecule has 0 radical (unpaired) electrons. The summed E-state index contributed by atoms with van der Waals surface area (Å²) in [5.74, 6) is -0.861. The lowest BCUT2D eigenvalue weighted by Gasteiger charge is -2.11. The molecule has 0 amide bonds. The predicted molar refractivity (Wildman–Crippen MR) is 176 cm³/mol. The van der Waals surface area contributed by atoms with Gasteiger partial charge >= 0.3 is 11.9 Å². The number of hydrogen-bond acceptors (Lipinski definition) is 3. The molecule has 0 aliphatic rings. The van der Waals surface area contributed by atoms with Crippen LogP contribution in [0.3, 0.4) is 0 Å². The van der Waals surface area contributed by atoms with Gasteiger partial charge < -0.3 is 9.84 Å². The molecular formula is C37H64O4. The van der Waals surface area contributed by atoms with Gasteiger partial charge in [-0.3, -0.25) is 9.59 Å². The average Bonchev–Trinajstić information content (AvgIpc) is 2.95. The highest BCUT2D eigenvalue weighted by Gasteiger charge is 2.08. The van der Waals surface area contributed by atoms with Crippen LogP contribution in [-0.4, -0.2) is 23.1 Å². The molecule has 4 nitrogen and oxygen atoms in total. The first-order valence-corrected chi connectivity index (χ1v) is 17.1. The van der Waals surface area contributed by atoms with E-state index in [0.717, 1.165) is 44.9 Å². The normalized spacial score (nSPS) is 12.8. The molecule has 0 aromatic heterocycles. The van der Waals surface area contributed by atoms with Gasteiger partial charge in [0.15, 0.2) is 0 Å². The van der Waals surface area contributed by atoms with Crippen molar-refractivity contribution in [2.45, 2.75) is 174 Å². The van der Waals surface area contributed by atoms with Gasteiger partial charge in [0.1, 0.15) is 6.10 Å². The lowest BCUT2D eigenvalue weighted by molar-refractivity contribution is -0.145. The summed E-state index contributed by atoms with van der Waals surface area (Å²) in [6.45, 7) is 4.39. The minimum atomic E-state index is -0.734. The summed E-state index contributed by atoms with van der Waals surface area (Å²) in [4.78, 5) is 23.0. The van der Waals surface area contributed by atoms with E-state index < -0.39 is 5.97 Å². The molecule has 0 rings (SSSR count). The topological polar surface area (TPSA) is 63.6 Å². The van der Waals surface area contributed by atoms with Crippen molar-refractivity contribution in [2.24, 2.45) is 0 Å². The first-order valence-electron chi connectivity index (χ1n) is 17.1. The maximum absolute atomic E-state index is 12.4. The lowest BCUT2D eigenvalue weighted by atomic mass is 10.1. The second-order valence-electron chi connectivity index (χ2n) is 11.3. The molecule has 41 heavy (non-hydrogen) atoms. The molecule has 1 unspecified atom stereocenters. The van der Waals surface area contributed by atoms with Crippen molar-refractivity contribution >= 4 is 11.9 Å². The Morgan fingerprint density at radius 2 is 1.05 bits per heavy atom. The molecule has 0 saturated carbocycles. The van der Waals surface area contributed by atoms with E-state index in [4.69, 9.17) is 9.84 Å². The second kappa shape index (κ2) is 32.4. The monoisotopic (exact) mass is 572 g/mol. The molecule has 0 spiro atoms. The zero-order chi connectivity index (χ0) is 30.1. The van der Waals surface area contributed by atoms with Crippen LogP contribution in [0.25, 0.3) is 0 Å². The van der Waals surface area contributed by atoms with E-state index in [9.17, 15) is 9.59 Å². The van der Waals surface area contributed by atoms with Gasteiger partial charge in [0, 0.05) is 12.8 Å².